The van der Waals surface area contributed by atoms with Crippen molar-refractivity contribution in [2.24, 2.45) is 0 Å². The Morgan fingerprint density at radius 1 is 1.15 bits per heavy atom. The molecule has 2 aromatic carbocycles. The first kappa shape index (κ1) is 13.4. The molecular formula is C15H9BrFNOS. The average Bonchev–Trinajstić information content (AvgIpc) is 2.83. The highest BCUT2D eigenvalue weighted by atomic mass is 79.9. The maximum atomic E-state index is 14.3. The molecule has 0 aliphatic heterocycles. The van der Waals surface area contributed by atoms with Crippen molar-refractivity contribution in [3.05, 3.63) is 64.5 Å². The lowest BCUT2D eigenvalue weighted by molar-refractivity contribution is 0.111. The minimum atomic E-state index is -0.362. The van der Waals surface area contributed by atoms with Crippen molar-refractivity contribution in [3.8, 4) is 0 Å². The van der Waals surface area contributed by atoms with E-state index in [0.717, 1.165) is 11.2 Å². The molecule has 0 N–H and O–H groups in total. The Balaban J connectivity index is 2.22. The Kier molecular flexibility index (Phi) is 3.63. The first-order valence-electron chi connectivity index (χ1n) is 5.88. The molecule has 5 heteroatoms. The predicted molar refractivity (Wildman–Crippen MR) is 82.7 cm³/mol. The first-order valence-corrected chi connectivity index (χ1v) is 7.45. The van der Waals surface area contributed by atoms with Crippen molar-refractivity contribution in [2.75, 3.05) is 0 Å². The van der Waals surface area contributed by atoms with E-state index in [9.17, 15) is 9.18 Å². The molecule has 0 radical (unpaired) electrons. The SMILES string of the molecule is O=Cc1cc2ccc(Br)c(F)c2n1Sc1ccccc1. The summed E-state index contributed by atoms with van der Waals surface area (Å²) in [4.78, 5) is 12.2. The Morgan fingerprint density at radius 3 is 2.60 bits per heavy atom. The van der Waals surface area contributed by atoms with Gasteiger partial charge in [-0.1, -0.05) is 24.3 Å². The highest BCUT2D eigenvalue weighted by Crippen LogP contribution is 2.33. The van der Waals surface area contributed by atoms with Crippen LogP contribution >= 0.6 is 27.9 Å². The van der Waals surface area contributed by atoms with E-state index in [2.05, 4.69) is 15.9 Å². The van der Waals surface area contributed by atoms with Crippen molar-refractivity contribution >= 4 is 45.1 Å². The number of carbonyl (C=O) groups is 1. The van der Waals surface area contributed by atoms with Gasteiger partial charge in [-0.05, 0) is 52.1 Å². The van der Waals surface area contributed by atoms with Crippen molar-refractivity contribution in [1.82, 2.24) is 3.97 Å². The zero-order chi connectivity index (χ0) is 14.1. The second-order valence-corrected chi connectivity index (χ2v) is 6.06. The zero-order valence-electron chi connectivity index (χ0n) is 10.2. The highest BCUT2D eigenvalue weighted by Gasteiger charge is 2.15. The van der Waals surface area contributed by atoms with E-state index >= 15 is 0 Å². The molecule has 0 atom stereocenters. The second kappa shape index (κ2) is 5.42. The lowest BCUT2D eigenvalue weighted by atomic mass is 10.2. The minimum absolute atomic E-state index is 0.362. The van der Waals surface area contributed by atoms with Gasteiger partial charge in [0.25, 0.3) is 0 Å². The number of aromatic nitrogens is 1. The molecule has 3 rings (SSSR count). The van der Waals surface area contributed by atoms with Gasteiger partial charge in [0.05, 0.1) is 15.7 Å². The van der Waals surface area contributed by atoms with Gasteiger partial charge in [-0.25, -0.2) is 4.39 Å². The second-order valence-electron chi connectivity index (χ2n) is 4.18. The van der Waals surface area contributed by atoms with Gasteiger partial charge in [0.15, 0.2) is 12.1 Å². The Labute approximate surface area is 127 Å². The smallest absolute Gasteiger partial charge is 0.167 e. The molecule has 1 heterocycles. The maximum Gasteiger partial charge on any atom is 0.167 e. The minimum Gasteiger partial charge on any atom is -0.296 e. The summed E-state index contributed by atoms with van der Waals surface area (Å²) in [6.07, 6.45) is 0.739. The molecule has 0 bridgehead atoms. The summed E-state index contributed by atoms with van der Waals surface area (Å²) in [6, 6.07) is 14.7. The number of nitrogens with zero attached hydrogens (tertiary/aromatic N) is 1. The van der Waals surface area contributed by atoms with Gasteiger partial charge in [0.2, 0.25) is 0 Å². The monoisotopic (exact) mass is 349 g/mol. The van der Waals surface area contributed by atoms with Crippen LogP contribution in [0.2, 0.25) is 0 Å². The molecule has 2 nitrogen and oxygen atoms in total. The van der Waals surface area contributed by atoms with Crippen molar-refractivity contribution in [1.29, 1.82) is 0 Å². The summed E-state index contributed by atoms with van der Waals surface area (Å²) in [5.41, 5.74) is 0.848. The summed E-state index contributed by atoms with van der Waals surface area (Å²) < 4.78 is 16.3. The Bertz CT molecular complexity index is 785. The van der Waals surface area contributed by atoms with Gasteiger partial charge >= 0.3 is 0 Å². The summed E-state index contributed by atoms with van der Waals surface area (Å²) in [6.45, 7) is 0. The molecule has 3 aromatic rings. The van der Waals surface area contributed by atoms with Gasteiger partial charge in [-0.15, -0.1) is 0 Å². The third-order valence-corrected chi connectivity index (χ3v) is 4.57. The largest absolute Gasteiger partial charge is 0.296 e. The number of carbonyl (C=O) groups excluding carboxylic acids is 1. The van der Waals surface area contributed by atoms with Gasteiger partial charge in [0, 0.05) is 10.3 Å². The van der Waals surface area contributed by atoms with Gasteiger partial charge in [0.1, 0.15) is 0 Å². The number of fused-ring (bicyclic) bond motifs is 1. The molecule has 0 amide bonds. The molecule has 0 aliphatic carbocycles. The van der Waals surface area contributed by atoms with E-state index in [1.165, 1.54) is 11.9 Å². The molecule has 0 saturated carbocycles. The van der Waals surface area contributed by atoms with E-state index in [0.29, 0.717) is 21.1 Å². The van der Waals surface area contributed by atoms with Crippen LogP contribution in [0.25, 0.3) is 10.9 Å². The van der Waals surface area contributed by atoms with Crippen molar-refractivity contribution in [2.45, 2.75) is 4.90 Å². The predicted octanol–water partition coefficient (Wildman–Crippen LogP) is 4.91. The lowest BCUT2D eigenvalue weighted by Gasteiger charge is -2.07. The van der Waals surface area contributed by atoms with Crippen LogP contribution < -0.4 is 0 Å². The molecule has 0 fully saturated rings. The van der Waals surface area contributed by atoms with E-state index in [-0.39, 0.29) is 5.82 Å². The summed E-state index contributed by atoms with van der Waals surface area (Å²) >= 11 is 4.50. The molecule has 0 aliphatic rings. The normalized spacial score (nSPS) is 10.9. The Hall–Kier alpha value is -1.59. The number of halogens is 2. The van der Waals surface area contributed by atoms with Crippen LogP contribution in [-0.4, -0.2) is 10.3 Å². The maximum absolute atomic E-state index is 14.3. The molecule has 20 heavy (non-hydrogen) atoms. The first-order chi connectivity index (χ1) is 9.70. The summed E-state index contributed by atoms with van der Waals surface area (Å²) in [5, 5.41) is 0.705. The van der Waals surface area contributed by atoms with Crippen LogP contribution in [0.15, 0.2) is 57.9 Å². The van der Waals surface area contributed by atoms with Crippen molar-refractivity contribution < 1.29 is 9.18 Å². The average molecular weight is 350 g/mol. The molecule has 100 valence electrons. The van der Waals surface area contributed by atoms with Gasteiger partial charge in [-0.3, -0.25) is 8.77 Å². The van der Waals surface area contributed by atoms with Gasteiger partial charge < -0.3 is 0 Å². The fourth-order valence-electron chi connectivity index (χ4n) is 1.99. The highest BCUT2D eigenvalue weighted by molar-refractivity contribution is 9.10. The molecule has 0 spiro atoms. The van der Waals surface area contributed by atoms with E-state index in [4.69, 9.17) is 0 Å². The summed E-state index contributed by atoms with van der Waals surface area (Å²) in [5.74, 6) is -0.362. The van der Waals surface area contributed by atoms with Crippen molar-refractivity contribution in [3.63, 3.8) is 0 Å². The van der Waals surface area contributed by atoms with Gasteiger partial charge in [-0.2, -0.15) is 0 Å². The van der Waals surface area contributed by atoms with Crippen LogP contribution in [0.1, 0.15) is 10.5 Å². The van der Waals surface area contributed by atoms with E-state index in [1.807, 2.05) is 30.3 Å². The van der Waals surface area contributed by atoms with Crippen LogP contribution in [-0.2, 0) is 0 Å². The fraction of sp³-hybridized carbons (Fsp3) is 0. The molecule has 0 unspecified atom stereocenters. The fourth-order valence-corrected chi connectivity index (χ4v) is 3.28. The number of aldehydes is 1. The van der Waals surface area contributed by atoms with Crippen LogP contribution in [0.3, 0.4) is 0 Å². The van der Waals surface area contributed by atoms with Crippen LogP contribution in [0.5, 0.6) is 0 Å². The lowest BCUT2D eigenvalue weighted by Crippen LogP contribution is -1.95. The number of hydrogen-bond acceptors (Lipinski definition) is 2. The summed E-state index contributed by atoms with van der Waals surface area (Å²) in [7, 11) is 0. The zero-order valence-corrected chi connectivity index (χ0v) is 12.6. The number of benzene rings is 2. The molecule has 1 aromatic heterocycles. The van der Waals surface area contributed by atoms with Crippen LogP contribution in [0, 0.1) is 5.82 Å². The topological polar surface area (TPSA) is 22.0 Å². The third kappa shape index (κ3) is 2.27. The molecule has 0 saturated heterocycles. The third-order valence-electron chi connectivity index (χ3n) is 2.90. The molecular weight excluding hydrogens is 341 g/mol. The quantitative estimate of drug-likeness (QED) is 0.626. The number of rotatable bonds is 3. The van der Waals surface area contributed by atoms with Crippen LogP contribution in [0.4, 0.5) is 4.39 Å². The van der Waals surface area contributed by atoms with E-state index < -0.39 is 0 Å². The standard InChI is InChI=1S/C15H9BrFNOS/c16-13-7-6-10-8-11(9-19)18(15(10)14(13)17)20-12-4-2-1-3-5-12/h1-9H. The number of hydrogen-bond donors (Lipinski definition) is 0. The van der Waals surface area contributed by atoms with E-state index in [1.54, 1.807) is 22.2 Å². The Morgan fingerprint density at radius 2 is 1.90 bits per heavy atom.